The monoisotopic (exact) mass is 171 g/mol. The number of hydrogen-bond acceptors (Lipinski definition) is 3. The summed E-state index contributed by atoms with van der Waals surface area (Å²) in [5.41, 5.74) is 2.25. The van der Waals surface area contributed by atoms with Gasteiger partial charge >= 0.3 is 5.97 Å². The molecule has 1 N–H and O–H groups in total. The van der Waals surface area contributed by atoms with Crippen molar-refractivity contribution in [2.24, 2.45) is 0 Å². The van der Waals surface area contributed by atoms with Crippen LogP contribution >= 0.6 is 11.3 Å². The maximum Gasteiger partial charge on any atom is 0.347 e. The molecule has 0 aromatic carbocycles. The molecule has 0 unspecified atom stereocenters. The summed E-state index contributed by atoms with van der Waals surface area (Å²) in [6.45, 7) is 3.86. The van der Waals surface area contributed by atoms with Gasteiger partial charge in [-0.15, -0.1) is 11.3 Å². The second-order valence-corrected chi connectivity index (χ2v) is 3.38. The van der Waals surface area contributed by atoms with Crippen molar-refractivity contribution in [3.63, 3.8) is 0 Å². The van der Waals surface area contributed by atoms with Gasteiger partial charge in [-0.3, -0.25) is 0 Å². The molecule has 1 heterocycles. The Balaban J connectivity index is 3.06. The van der Waals surface area contributed by atoms with Crippen LogP contribution in [-0.2, 0) is 0 Å². The highest BCUT2D eigenvalue weighted by molar-refractivity contribution is 7.11. The molecular weight excluding hydrogens is 162 g/mol. The summed E-state index contributed by atoms with van der Waals surface area (Å²) in [5, 5.41) is 8.67. The quantitative estimate of drug-likeness (QED) is 0.740. The standard InChI is InChI=1S/C7H9NO2S/c1-4(2)5-6(7(9)10)11-3-8-5/h3-4H,1-2H3,(H,9,10). The molecule has 0 saturated carbocycles. The maximum atomic E-state index is 10.6. The molecule has 11 heavy (non-hydrogen) atoms. The average molecular weight is 171 g/mol. The number of thiazole rings is 1. The van der Waals surface area contributed by atoms with Gasteiger partial charge in [0.05, 0.1) is 11.2 Å². The highest BCUT2D eigenvalue weighted by Gasteiger charge is 2.15. The number of carboxylic acid groups (broad SMARTS) is 1. The van der Waals surface area contributed by atoms with Gasteiger partial charge in [0.2, 0.25) is 0 Å². The SMILES string of the molecule is CC(C)c1ncsc1C(=O)O. The second-order valence-electron chi connectivity index (χ2n) is 2.53. The average Bonchev–Trinajstić information content (AvgIpc) is 2.32. The van der Waals surface area contributed by atoms with Crippen LogP contribution < -0.4 is 0 Å². The fourth-order valence-corrected chi connectivity index (χ4v) is 1.61. The summed E-state index contributed by atoms with van der Waals surface area (Å²) in [4.78, 5) is 14.9. The number of aromatic nitrogens is 1. The van der Waals surface area contributed by atoms with Gasteiger partial charge in [0.25, 0.3) is 0 Å². The molecule has 4 heteroatoms. The minimum Gasteiger partial charge on any atom is -0.477 e. The topological polar surface area (TPSA) is 50.2 Å². The Labute approximate surface area is 68.7 Å². The van der Waals surface area contributed by atoms with Crippen LogP contribution in [0.4, 0.5) is 0 Å². The molecule has 1 aromatic rings. The van der Waals surface area contributed by atoms with Crippen LogP contribution in [0.5, 0.6) is 0 Å². The number of hydrogen-bond donors (Lipinski definition) is 1. The van der Waals surface area contributed by atoms with E-state index in [-0.39, 0.29) is 5.92 Å². The van der Waals surface area contributed by atoms with Crippen molar-refractivity contribution in [1.82, 2.24) is 4.98 Å². The molecule has 0 radical (unpaired) electrons. The van der Waals surface area contributed by atoms with Crippen molar-refractivity contribution in [1.29, 1.82) is 0 Å². The van der Waals surface area contributed by atoms with Gasteiger partial charge < -0.3 is 5.11 Å². The number of nitrogens with zero attached hydrogens (tertiary/aromatic N) is 1. The van der Waals surface area contributed by atoms with Gasteiger partial charge in [0.15, 0.2) is 0 Å². The Morgan fingerprint density at radius 2 is 2.36 bits per heavy atom. The molecular formula is C7H9NO2S. The van der Waals surface area contributed by atoms with E-state index in [2.05, 4.69) is 4.98 Å². The van der Waals surface area contributed by atoms with E-state index in [1.165, 1.54) is 11.3 Å². The Morgan fingerprint density at radius 1 is 1.73 bits per heavy atom. The van der Waals surface area contributed by atoms with Crippen molar-refractivity contribution < 1.29 is 9.90 Å². The van der Waals surface area contributed by atoms with Crippen molar-refractivity contribution in [3.8, 4) is 0 Å². The number of aromatic carboxylic acids is 1. The van der Waals surface area contributed by atoms with Gasteiger partial charge in [-0.05, 0) is 5.92 Å². The molecule has 60 valence electrons. The molecule has 0 aliphatic rings. The molecule has 0 aliphatic carbocycles. The first-order chi connectivity index (χ1) is 5.13. The summed E-state index contributed by atoms with van der Waals surface area (Å²) in [7, 11) is 0. The van der Waals surface area contributed by atoms with Crippen LogP contribution in [0.2, 0.25) is 0 Å². The van der Waals surface area contributed by atoms with Crippen LogP contribution in [0.1, 0.15) is 35.1 Å². The lowest BCUT2D eigenvalue weighted by atomic mass is 10.1. The van der Waals surface area contributed by atoms with E-state index in [4.69, 9.17) is 5.11 Å². The van der Waals surface area contributed by atoms with E-state index in [1.54, 1.807) is 5.51 Å². The fourth-order valence-electron chi connectivity index (χ4n) is 0.826. The van der Waals surface area contributed by atoms with E-state index in [1.807, 2.05) is 13.8 Å². The zero-order valence-electron chi connectivity index (χ0n) is 6.37. The Kier molecular flexibility index (Phi) is 2.24. The molecule has 1 rings (SSSR count). The first kappa shape index (κ1) is 8.20. The fraction of sp³-hybridized carbons (Fsp3) is 0.429. The van der Waals surface area contributed by atoms with Crippen LogP contribution in [0, 0.1) is 0 Å². The summed E-state index contributed by atoms with van der Waals surface area (Å²) < 4.78 is 0. The molecule has 3 nitrogen and oxygen atoms in total. The molecule has 0 saturated heterocycles. The maximum absolute atomic E-state index is 10.6. The van der Waals surface area contributed by atoms with Crippen molar-refractivity contribution in [2.75, 3.05) is 0 Å². The molecule has 0 fully saturated rings. The van der Waals surface area contributed by atoms with Crippen LogP contribution in [-0.4, -0.2) is 16.1 Å². The summed E-state index contributed by atoms with van der Waals surface area (Å²) in [6.07, 6.45) is 0. The lowest BCUT2D eigenvalue weighted by Gasteiger charge is -1.99. The highest BCUT2D eigenvalue weighted by atomic mass is 32.1. The lowest BCUT2D eigenvalue weighted by Crippen LogP contribution is -2.00. The summed E-state index contributed by atoms with van der Waals surface area (Å²) >= 11 is 1.18. The van der Waals surface area contributed by atoms with Gasteiger partial charge in [0.1, 0.15) is 4.88 Å². The Bertz CT molecular complexity index is 267. The second kappa shape index (κ2) is 3.00. The molecule has 0 bridgehead atoms. The van der Waals surface area contributed by atoms with E-state index in [0.29, 0.717) is 10.6 Å². The van der Waals surface area contributed by atoms with Crippen molar-refractivity contribution in [2.45, 2.75) is 19.8 Å². The summed E-state index contributed by atoms with van der Waals surface area (Å²) in [6, 6.07) is 0. The van der Waals surface area contributed by atoms with Gasteiger partial charge in [0, 0.05) is 0 Å². The number of rotatable bonds is 2. The zero-order chi connectivity index (χ0) is 8.43. The smallest absolute Gasteiger partial charge is 0.347 e. The predicted octanol–water partition coefficient (Wildman–Crippen LogP) is 1.96. The van der Waals surface area contributed by atoms with E-state index >= 15 is 0 Å². The minimum absolute atomic E-state index is 0.187. The van der Waals surface area contributed by atoms with Gasteiger partial charge in [-0.2, -0.15) is 0 Å². The third-order valence-electron chi connectivity index (χ3n) is 1.34. The zero-order valence-corrected chi connectivity index (χ0v) is 7.18. The summed E-state index contributed by atoms with van der Waals surface area (Å²) in [5.74, 6) is -0.691. The molecule has 0 amide bonds. The predicted molar refractivity (Wildman–Crippen MR) is 43.2 cm³/mol. The first-order valence-electron chi connectivity index (χ1n) is 3.29. The van der Waals surface area contributed by atoms with Crippen LogP contribution in [0.15, 0.2) is 5.51 Å². The van der Waals surface area contributed by atoms with E-state index < -0.39 is 5.97 Å². The molecule has 1 aromatic heterocycles. The van der Waals surface area contributed by atoms with Crippen LogP contribution in [0.3, 0.4) is 0 Å². The van der Waals surface area contributed by atoms with Gasteiger partial charge in [-0.1, -0.05) is 13.8 Å². The first-order valence-corrected chi connectivity index (χ1v) is 4.17. The van der Waals surface area contributed by atoms with Crippen molar-refractivity contribution >= 4 is 17.3 Å². The Hall–Kier alpha value is -0.900. The minimum atomic E-state index is -0.879. The lowest BCUT2D eigenvalue weighted by molar-refractivity contribution is 0.0700. The highest BCUT2D eigenvalue weighted by Crippen LogP contribution is 2.20. The van der Waals surface area contributed by atoms with E-state index in [0.717, 1.165) is 0 Å². The Morgan fingerprint density at radius 3 is 2.73 bits per heavy atom. The molecule has 0 atom stereocenters. The molecule has 0 spiro atoms. The number of carboxylic acids is 1. The van der Waals surface area contributed by atoms with E-state index in [9.17, 15) is 4.79 Å². The normalized spacial score (nSPS) is 10.5. The third kappa shape index (κ3) is 1.57. The van der Waals surface area contributed by atoms with Crippen LogP contribution in [0.25, 0.3) is 0 Å². The third-order valence-corrected chi connectivity index (χ3v) is 2.17. The number of carbonyl (C=O) groups is 1. The molecule has 0 aliphatic heterocycles. The van der Waals surface area contributed by atoms with Gasteiger partial charge in [-0.25, -0.2) is 9.78 Å². The largest absolute Gasteiger partial charge is 0.477 e. The van der Waals surface area contributed by atoms with Crippen molar-refractivity contribution in [3.05, 3.63) is 16.1 Å².